The Labute approximate surface area is 79.7 Å². The Bertz CT molecular complexity index is 222. The molecule has 74 valence electrons. The molecule has 0 radical (unpaired) electrons. The summed E-state index contributed by atoms with van der Waals surface area (Å²) in [5, 5.41) is 8.97. The van der Waals surface area contributed by atoms with Crippen molar-refractivity contribution in [2.45, 2.75) is 45.7 Å². The highest BCUT2D eigenvalue weighted by Crippen LogP contribution is 2.18. The largest absolute Gasteiger partial charge is 0.465 e. The fourth-order valence-corrected chi connectivity index (χ4v) is 1.26. The van der Waals surface area contributed by atoms with Crippen molar-refractivity contribution in [1.29, 1.82) is 0 Å². The van der Waals surface area contributed by atoms with Crippen LogP contribution < -0.4 is 0 Å². The van der Waals surface area contributed by atoms with Crippen molar-refractivity contribution in [2.75, 3.05) is 0 Å². The number of terminal acetylenes is 1. The second-order valence-corrected chi connectivity index (χ2v) is 3.91. The highest BCUT2D eigenvalue weighted by atomic mass is 16.4. The Kier molecular flexibility index (Phi) is 3.80. The van der Waals surface area contributed by atoms with E-state index in [9.17, 15) is 4.79 Å². The summed E-state index contributed by atoms with van der Waals surface area (Å²) in [4.78, 5) is 12.2. The molecule has 1 unspecified atom stereocenters. The molecule has 3 heteroatoms. The van der Waals surface area contributed by atoms with Crippen LogP contribution in [-0.2, 0) is 0 Å². The van der Waals surface area contributed by atoms with E-state index in [-0.39, 0.29) is 6.04 Å². The van der Waals surface area contributed by atoms with E-state index in [0.717, 1.165) is 0 Å². The summed E-state index contributed by atoms with van der Waals surface area (Å²) in [6, 6.07) is -0.336. The van der Waals surface area contributed by atoms with Crippen LogP contribution in [-0.4, -0.2) is 27.7 Å². The first kappa shape index (κ1) is 11.8. The van der Waals surface area contributed by atoms with E-state index in [1.807, 2.05) is 27.7 Å². The standard InChI is InChI=1S/C10H17NO2/c1-6-8(7-2)11(9(12)13)10(3,4)5/h1,8H,7H2,2-5H3,(H,12,13). The van der Waals surface area contributed by atoms with Crippen molar-refractivity contribution in [3.63, 3.8) is 0 Å². The average molecular weight is 183 g/mol. The van der Waals surface area contributed by atoms with Gasteiger partial charge >= 0.3 is 6.09 Å². The van der Waals surface area contributed by atoms with Gasteiger partial charge in [0.1, 0.15) is 0 Å². The maximum absolute atomic E-state index is 10.9. The molecule has 0 aromatic rings. The number of carboxylic acid groups (broad SMARTS) is 1. The maximum Gasteiger partial charge on any atom is 0.408 e. The Morgan fingerprint density at radius 2 is 2.08 bits per heavy atom. The first-order chi connectivity index (χ1) is 5.84. The molecule has 13 heavy (non-hydrogen) atoms. The van der Waals surface area contributed by atoms with Gasteiger partial charge in [0.25, 0.3) is 0 Å². The minimum Gasteiger partial charge on any atom is -0.465 e. The molecule has 1 amide bonds. The van der Waals surface area contributed by atoms with Gasteiger partial charge in [0, 0.05) is 5.54 Å². The lowest BCUT2D eigenvalue weighted by molar-refractivity contribution is 0.0846. The molecular weight excluding hydrogens is 166 g/mol. The Balaban J connectivity index is 4.83. The van der Waals surface area contributed by atoms with Crippen LogP contribution in [0.3, 0.4) is 0 Å². The van der Waals surface area contributed by atoms with E-state index < -0.39 is 11.6 Å². The maximum atomic E-state index is 10.9. The van der Waals surface area contributed by atoms with Crippen molar-refractivity contribution in [1.82, 2.24) is 4.90 Å². The molecule has 0 rings (SSSR count). The zero-order chi connectivity index (χ0) is 10.6. The third kappa shape index (κ3) is 2.98. The first-order valence-electron chi connectivity index (χ1n) is 4.33. The number of amides is 1. The fraction of sp³-hybridized carbons (Fsp3) is 0.700. The second-order valence-electron chi connectivity index (χ2n) is 3.91. The molecule has 1 N–H and O–H groups in total. The van der Waals surface area contributed by atoms with Crippen LogP contribution in [0.2, 0.25) is 0 Å². The van der Waals surface area contributed by atoms with E-state index in [1.54, 1.807) is 0 Å². The molecule has 0 fully saturated rings. The van der Waals surface area contributed by atoms with E-state index in [0.29, 0.717) is 6.42 Å². The molecule has 0 saturated heterocycles. The fourth-order valence-electron chi connectivity index (χ4n) is 1.26. The predicted octanol–water partition coefficient (Wildman–Crippen LogP) is 2.18. The van der Waals surface area contributed by atoms with Crippen molar-refractivity contribution >= 4 is 6.09 Å². The minimum atomic E-state index is -0.961. The lowest BCUT2D eigenvalue weighted by Crippen LogP contribution is -2.50. The van der Waals surface area contributed by atoms with Gasteiger partial charge in [-0.2, -0.15) is 0 Å². The van der Waals surface area contributed by atoms with E-state index in [2.05, 4.69) is 5.92 Å². The third-order valence-corrected chi connectivity index (χ3v) is 1.82. The zero-order valence-electron chi connectivity index (χ0n) is 8.66. The average Bonchev–Trinajstić information content (AvgIpc) is 1.96. The van der Waals surface area contributed by atoms with Gasteiger partial charge in [0.05, 0.1) is 6.04 Å². The summed E-state index contributed by atoms with van der Waals surface area (Å²) in [6.45, 7) is 7.38. The molecule has 0 aliphatic heterocycles. The van der Waals surface area contributed by atoms with Crippen LogP contribution in [0.1, 0.15) is 34.1 Å². The van der Waals surface area contributed by atoms with E-state index in [1.165, 1.54) is 4.90 Å². The highest BCUT2D eigenvalue weighted by Gasteiger charge is 2.30. The lowest BCUT2D eigenvalue weighted by atomic mass is 10.0. The molecule has 0 aliphatic carbocycles. The normalized spacial score (nSPS) is 13.2. The third-order valence-electron chi connectivity index (χ3n) is 1.82. The van der Waals surface area contributed by atoms with Crippen LogP contribution in [0, 0.1) is 12.3 Å². The summed E-state index contributed by atoms with van der Waals surface area (Å²) in [5.41, 5.74) is -0.446. The van der Waals surface area contributed by atoms with Crippen molar-refractivity contribution in [3.05, 3.63) is 0 Å². The molecular formula is C10H17NO2. The molecule has 0 heterocycles. The van der Waals surface area contributed by atoms with Crippen molar-refractivity contribution in [2.24, 2.45) is 0 Å². The number of hydrogen-bond acceptors (Lipinski definition) is 1. The number of nitrogens with zero attached hydrogens (tertiary/aromatic N) is 1. The van der Waals surface area contributed by atoms with Gasteiger partial charge in [-0.1, -0.05) is 12.8 Å². The molecule has 0 spiro atoms. The highest BCUT2D eigenvalue weighted by molar-refractivity contribution is 5.67. The molecule has 3 nitrogen and oxygen atoms in total. The summed E-state index contributed by atoms with van der Waals surface area (Å²) in [5.74, 6) is 2.48. The second kappa shape index (κ2) is 4.18. The number of hydrogen-bond donors (Lipinski definition) is 1. The van der Waals surface area contributed by atoms with Crippen LogP contribution in [0.25, 0.3) is 0 Å². The topological polar surface area (TPSA) is 40.5 Å². The number of carbonyl (C=O) groups is 1. The Morgan fingerprint density at radius 1 is 1.62 bits per heavy atom. The smallest absolute Gasteiger partial charge is 0.408 e. The van der Waals surface area contributed by atoms with E-state index >= 15 is 0 Å². The van der Waals surface area contributed by atoms with Crippen molar-refractivity contribution < 1.29 is 9.90 Å². The zero-order valence-corrected chi connectivity index (χ0v) is 8.66. The van der Waals surface area contributed by atoms with Gasteiger partial charge in [-0.3, -0.25) is 4.90 Å². The van der Waals surface area contributed by atoms with E-state index in [4.69, 9.17) is 11.5 Å². The quantitative estimate of drug-likeness (QED) is 0.666. The van der Waals surface area contributed by atoms with Crippen LogP contribution in [0.5, 0.6) is 0 Å². The number of rotatable bonds is 2. The Morgan fingerprint density at radius 3 is 2.15 bits per heavy atom. The minimum absolute atomic E-state index is 0.336. The SMILES string of the molecule is C#CC(CC)N(C(=O)O)C(C)(C)C. The summed E-state index contributed by atoms with van der Waals surface area (Å²) >= 11 is 0. The molecule has 0 saturated carbocycles. The van der Waals surface area contributed by atoms with Crippen molar-refractivity contribution in [3.8, 4) is 12.3 Å². The summed E-state index contributed by atoms with van der Waals surface area (Å²) < 4.78 is 0. The molecule has 0 aromatic carbocycles. The van der Waals surface area contributed by atoms with Gasteiger partial charge in [0.15, 0.2) is 0 Å². The summed E-state index contributed by atoms with van der Waals surface area (Å²) in [6.07, 6.45) is 4.94. The molecule has 0 bridgehead atoms. The predicted molar refractivity (Wildman–Crippen MR) is 52.5 cm³/mol. The lowest BCUT2D eigenvalue weighted by Gasteiger charge is -2.36. The molecule has 0 aliphatic rings. The van der Waals surface area contributed by atoms with Gasteiger partial charge in [0.2, 0.25) is 0 Å². The van der Waals surface area contributed by atoms with Crippen LogP contribution >= 0.6 is 0 Å². The van der Waals surface area contributed by atoms with Crippen LogP contribution in [0.4, 0.5) is 4.79 Å². The monoisotopic (exact) mass is 183 g/mol. The molecule has 0 aromatic heterocycles. The Hall–Kier alpha value is -1.17. The first-order valence-corrected chi connectivity index (χ1v) is 4.33. The van der Waals surface area contributed by atoms with Gasteiger partial charge in [-0.25, -0.2) is 4.79 Å². The van der Waals surface area contributed by atoms with Crippen LogP contribution in [0.15, 0.2) is 0 Å². The molecule has 1 atom stereocenters. The van der Waals surface area contributed by atoms with Gasteiger partial charge in [-0.15, -0.1) is 6.42 Å². The van der Waals surface area contributed by atoms with Gasteiger partial charge in [-0.05, 0) is 27.2 Å². The van der Waals surface area contributed by atoms with Gasteiger partial charge < -0.3 is 5.11 Å². The summed E-state index contributed by atoms with van der Waals surface area (Å²) in [7, 11) is 0.